The second-order valence-electron chi connectivity index (χ2n) is 3.27. The van der Waals surface area contributed by atoms with Gasteiger partial charge in [-0.05, 0) is 25.0 Å². The molecule has 0 unspecified atom stereocenters. The van der Waals surface area contributed by atoms with Crippen LogP contribution in [0.1, 0.15) is 11.1 Å². The lowest BCUT2D eigenvalue weighted by Crippen LogP contribution is -2.24. The number of nitrogens with one attached hydrogen (secondary N) is 1. The van der Waals surface area contributed by atoms with E-state index in [0.29, 0.717) is 6.67 Å². The van der Waals surface area contributed by atoms with Crippen LogP contribution in [0.2, 0.25) is 0 Å². The minimum Gasteiger partial charge on any atom is -0.496 e. The number of rotatable bonds is 5. The topological polar surface area (TPSA) is 47.3 Å². The van der Waals surface area contributed by atoms with Gasteiger partial charge in [-0.15, -0.1) is 0 Å². The molecule has 1 rings (SSSR count). The number of nitrogens with two attached hydrogens (primary N) is 1. The lowest BCUT2D eigenvalue weighted by molar-refractivity contribution is 0.409. The monoisotopic (exact) mass is 194 g/mol. The standard InChI is InChI=1S/C11H18N2O/c1-9-3-4-11(14-2)10(7-9)5-6-13-8-12/h3-4,7,13H,5-6,8,12H2,1-2H3. The van der Waals surface area contributed by atoms with Crippen LogP contribution in [0.25, 0.3) is 0 Å². The lowest BCUT2D eigenvalue weighted by atomic mass is 10.1. The third-order valence-corrected chi connectivity index (χ3v) is 2.15. The van der Waals surface area contributed by atoms with Crippen LogP contribution in [0, 0.1) is 6.92 Å². The third-order valence-electron chi connectivity index (χ3n) is 2.15. The fourth-order valence-corrected chi connectivity index (χ4v) is 1.43. The zero-order valence-corrected chi connectivity index (χ0v) is 8.84. The van der Waals surface area contributed by atoms with Gasteiger partial charge in [-0.1, -0.05) is 17.7 Å². The van der Waals surface area contributed by atoms with Crippen molar-refractivity contribution in [1.82, 2.24) is 5.32 Å². The van der Waals surface area contributed by atoms with Gasteiger partial charge in [0.15, 0.2) is 0 Å². The summed E-state index contributed by atoms with van der Waals surface area (Å²) < 4.78 is 5.27. The Bertz CT molecular complexity index is 287. The maximum Gasteiger partial charge on any atom is 0.122 e. The first-order valence-electron chi connectivity index (χ1n) is 4.82. The molecular formula is C11H18N2O. The highest BCUT2D eigenvalue weighted by Gasteiger charge is 2.01. The highest BCUT2D eigenvalue weighted by atomic mass is 16.5. The van der Waals surface area contributed by atoms with Crippen LogP contribution in [-0.2, 0) is 6.42 Å². The van der Waals surface area contributed by atoms with Gasteiger partial charge in [0.05, 0.1) is 7.11 Å². The molecule has 0 saturated carbocycles. The van der Waals surface area contributed by atoms with E-state index < -0.39 is 0 Å². The number of ether oxygens (including phenoxy) is 1. The van der Waals surface area contributed by atoms with E-state index in [0.717, 1.165) is 18.7 Å². The van der Waals surface area contributed by atoms with Gasteiger partial charge in [0, 0.05) is 13.2 Å². The van der Waals surface area contributed by atoms with Crippen molar-refractivity contribution in [2.75, 3.05) is 20.3 Å². The van der Waals surface area contributed by atoms with Crippen molar-refractivity contribution in [3.8, 4) is 5.75 Å². The van der Waals surface area contributed by atoms with Crippen molar-refractivity contribution in [3.63, 3.8) is 0 Å². The maximum absolute atomic E-state index is 5.35. The van der Waals surface area contributed by atoms with Crippen molar-refractivity contribution >= 4 is 0 Å². The Labute approximate surface area is 85.3 Å². The van der Waals surface area contributed by atoms with E-state index in [1.165, 1.54) is 11.1 Å². The second-order valence-corrected chi connectivity index (χ2v) is 3.27. The first kappa shape index (κ1) is 11.0. The fourth-order valence-electron chi connectivity index (χ4n) is 1.43. The average Bonchev–Trinajstić information content (AvgIpc) is 2.19. The summed E-state index contributed by atoms with van der Waals surface area (Å²) in [5, 5.41) is 3.09. The molecule has 0 atom stereocenters. The van der Waals surface area contributed by atoms with Gasteiger partial charge in [-0.3, -0.25) is 0 Å². The summed E-state index contributed by atoms with van der Waals surface area (Å²) in [6.45, 7) is 3.49. The molecule has 3 N–H and O–H groups in total. The lowest BCUT2D eigenvalue weighted by Gasteiger charge is -2.09. The molecule has 0 saturated heterocycles. The van der Waals surface area contributed by atoms with Crippen LogP contribution in [0.3, 0.4) is 0 Å². The summed E-state index contributed by atoms with van der Waals surface area (Å²) in [6.07, 6.45) is 0.946. The molecule has 3 heteroatoms. The van der Waals surface area contributed by atoms with E-state index in [1.54, 1.807) is 7.11 Å². The van der Waals surface area contributed by atoms with Crippen LogP contribution in [0.4, 0.5) is 0 Å². The molecule has 0 aliphatic rings. The summed E-state index contributed by atoms with van der Waals surface area (Å²) >= 11 is 0. The highest BCUT2D eigenvalue weighted by Crippen LogP contribution is 2.19. The van der Waals surface area contributed by atoms with E-state index in [4.69, 9.17) is 10.5 Å². The van der Waals surface area contributed by atoms with Gasteiger partial charge in [0.25, 0.3) is 0 Å². The Morgan fingerprint density at radius 3 is 2.86 bits per heavy atom. The Hall–Kier alpha value is -1.06. The van der Waals surface area contributed by atoms with Crippen LogP contribution in [0.15, 0.2) is 18.2 Å². The van der Waals surface area contributed by atoms with E-state index in [1.807, 2.05) is 6.07 Å². The predicted octanol–water partition coefficient (Wildman–Crippen LogP) is 1.05. The molecule has 1 aromatic rings. The Balaban J connectivity index is 2.67. The smallest absolute Gasteiger partial charge is 0.122 e. The summed E-state index contributed by atoms with van der Waals surface area (Å²) in [7, 11) is 1.70. The van der Waals surface area contributed by atoms with Gasteiger partial charge in [0.1, 0.15) is 5.75 Å². The van der Waals surface area contributed by atoms with Gasteiger partial charge in [-0.25, -0.2) is 0 Å². The maximum atomic E-state index is 5.35. The first-order chi connectivity index (χ1) is 6.77. The molecule has 78 valence electrons. The minimum absolute atomic E-state index is 0.522. The molecule has 0 aliphatic carbocycles. The summed E-state index contributed by atoms with van der Waals surface area (Å²) in [5.41, 5.74) is 7.84. The Morgan fingerprint density at radius 2 is 2.21 bits per heavy atom. The molecule has 0 fully saturated rings. The number of benzene rings is 1. The summed E-state index contributed by atoms with van der Waals surface area (Å²) in [4.78, 5) is 0. The molecule has 0 aromatic heterocycles. The number of aryl methyl sites for hydroxylation is 1. The second kappa shape index (κ2) is 5.62. The molecule has 0 bridgehead atoms. The fraction of sp³-hybridized carbons (Fsp3) is 0.455. The summed E-state index contributed by atoms with van der Waals surface area (Å²) in [5.74, 6) is 0.953. The van der Waals surface area contributed by atoms with Crippen molar-refractivity contribution < 1.29 is 4.74 Å². The van der Waals surface area contributed by atoms with E-state index >= 15 is 0 Å². The van der Waals surface area contributed by atoms with Gasteiger partial charge in [0.2, 0.25) is 0 Å². The average molecular weight is 194 g/mol. The molecule has 3 nitrogen and oxygen atoms in total. The van der Waals surface area contributed by atoms with Crippen molar-refractivity contribution in [2.24, 2.45) is 5.73 Å². The van der Waals surface area contributed by atoms with Crippen LogP contribution in [0.5, 0.6) is 5.75 Å². The zero-order valence-electron chi connectivity index (χ0n) is 8.84. The summed E-state index contributed by atoms with van der Waals surface area (Å²) in [6, 6.07) is 6.21. The van der Waals surface area contributed by atoms with E-state index in [-0.39, 0.29) is 0 Å². The molecular weight excluding hydrogens is 176 g/mol. The van der Waals surface area contributed by atoms with Crippen molar-refractivity contribution in [1.29, 1.82) is 0 Å². The van der Waals surface area contributed by atoms with Crippen LogP contribution in [-0.4, -0.2) is 20.3 Å². The largest absolute Gasteiger partial charge is 0.496 e. The molecule has 0 aliphatic heterocycles. The quantitative estimate of drug-likeness (QED) is 0.544. The molecule has 0 heterocycles. The Morgan fingerprint density at radius 1 is 1.43 bits per heavy atom. The number of hydrogen-bond acceptors (Lipinski definition) is 3. The van der Waals surface area contributed by atoms with Crippen LogP contribution >= 0.6 is 0 Å². The van der Waals surface area contributed by atoms with Crippen molar-refractivity contribution in [2.45, 2.75) is 13.3 Å². The predicted molar refractivity (Wildman–Crippen MR) is 58.5 cm³/mol. The van der Waals surface area contributed by atoms with Gasteiger partial charge in [-0.2, -0.15) is 0 Å². The third kappa shape index (κ3) is 3.01. The zero-order chi connectivity index (χ0) is 10.4. The normalized spacial score (nSPS) is 10.2. The number of methoxy groups -OCH3 is 1. The van der Waals surface area contributed by atoms with Crippen molar-refractivity contribution in [3.05, 3.63) is 29.3 Å². The SMILES string of the molecule is COc1ccc(C)cc1CCNCN. The molecule has 0 spiro atoms. The Kier molecular flexibility index (Phi) is 4.43. The first-order valence-corrected chi connectivity index (χ1v) is 4.82. The van der Waals surface area contributed by atoms with Crippen LogP contribution < -0.4 is 15.8 Å². The van der Waals surface area contributed by atoms with Gasteiger partial charge < -0.3 is 15.8 Å². The molecule has 0 amide bonds. The van der Waals surface area contributed by atoms with E-state index in [2.05, 4.69) is 24.4 Å². The number of hydrogen-bond donors (Lipinski definition) is 2. The van der Waals surface area contributed by atoms with Gasteiger partial charge >= 0.3 is 0 Å². The highest BCUT2D eigenvalue weighted by molar-refractivity contribution is 5.37. The van der Waals surface area contributed by atoms with E-state index in [9.17, 15) is 0 Å². The molecule has 14 heavy (non-hydrogen) atoms. The molecule has 1 aromatic carbocycles. The molecule has 0 radical (unpaired) electrons. The minimum atomic E-state index is 0.522.